The second kappa shape index (κ2) is 5.82. The van der Waals surface area contributed by atoms with Gasteiger partial charge in [-0.1, -0.05) is 0 Å². The molecule has 21 heavy (non-hydrogen) atoms. The highest BCUT2D eigenvalue weighted by atomic mass is 32.2. The third-order valence-corrected chi connectivity index (χ3v) is 4.48. The second-order valence-corrected chi connectivity index (χ2v) is 6.57. The average Bonchev–Trinajstić information content (AvgIpc) is 3.18. The molecular weight excluding hydrogens is 309 g/mol. The lowest BCUT2D eigenvalue weighted by Gasteiger charge is -2.16. The van der Waals surface area contributed by atoms with E-state index in [9.17, 15) is 21.6 Å². The van der Waals surface area contributed by atoms with Gasteiger partial charge in [-0.2, -0.15) is 13.2 Å². The number of anilines is 1. The molecule has 1 aliphatic carbocycles. The van der Waals surface area contributed by atoms with Crippen molar-refractivity contribution in [3.8, 4) is 0 Å². The van der Waals surface area contributed by atoms with Crippen molar-refractivity contribution in [1.29, 1.82) is 0 Å². The number of sulfonamides is 1. The van der Waals surface area contributed by atoms with Gasteiger partial charge in [0.25, 0.3) is 0 Å². The third-order valence-electron chi connectivity index (χ3n) is 2.94. The fourth-order valence-corrected chi connectivity index (χ4v) is 2.88. The molecule has 1 aliphatic rings. The van der Waals surface area contributed by atoms with E-state index in [0.29, 0.717) is 5.69 Å². The predicted molar refractivity (Wildman–Crippen MR) is 70.3 cm³/mol. The molecule has 9 heteroatoms. The quantitative estimate of drug-likeness (QED) is 0.740. The largest absolute Gasteiger partial charge is 0.416 e. The Morgan fingerprint density at radius 1 is 1.24 bits per heavy atom. The zero-order valence-electron chi connectivity index (χ0n) is 10.9. The zero-order valence-corrected chi connectivity index (χ0v) is 11.7. The molecule has 0 saturated heterocycles. The van der Waals surface area contributed by atoms with Gasteiger partial charge >= 0.3 is 6.18 Å². The number of hydrogen-bond acceptors (Lipinski definition) is 4. The number of aliphatic hydroxyl groups is 1. The molecule has 1 unspecified atom stereocenters. The Morgan fingerprint density at radius 3 is 2.29 bits per heavy atom. The van der Waals surface area contributed by atoms with Crippen LogP contribution in [0.2, 0.25) is 0 Å². The number of alkyl halides is 3. The fraction of sp³-hybridized carbons (Fsp3) is 0.500. The summed E-state index contributed by atoms with van der Waals surface area (Å²) in [5.41, 5.74) is 0.295. The van der Waals surface area contributed by atoms with Crippen molar-refractivity contribution in [3.63, 3.8) is 0 Å². The number of aliphatic hydroxyl groups excluding tert-OH is 1. The first kappa shape index (κ1) is 16.1. The molecule has 0 aliphatic heterocycles. The van der Waals surface area contributed by atoms with Crippen LogP contribution in [0, 0.1) is 0 Å². The lowest BCUT2D eigenvalue weighted by molar-refractivity contribution is -0.198. The van der Waals surface area contributed by atoms with Crippen LogP contribution in [0.5, 0.6) is 0 Å². The van der Waals surface area contributed by atoms with Gasteiger partial charge in [0.05, 0.1) is 4.90 Å². The average molecular weight is 324 g/mol. The highest BCUT2D eigenvalue weighted by Crippen LogP contribution is 2.23. The number of hydrogen-bond donors (Lipinski definition) is 3. The molecule has 0 aromatic heterocycles. The Morgan fingerprint density at radius 2 is 1.81 bits per heavy atom. The van der Waals surface area contributed by atoms with E-state index in [0.717, 1.165) is 12.8 Å². The van der Waals surface area contributed by atoms with E-state index < -0.39 is 28.8 Å². The van der Waals surface area contributed by atoms with Crippen LogP contribution in [0.15, 0.2) is 29.2 Å². The highest BCUT2D eigenvalue weighted by Gasteiger charge is 2.37. The summed E-state index contributed by atoms with van der Waals surface area (Å²) in [5, 5.41) is 11.2. The summed E-state index contributed by atoms with van der Waals surface area (Å²) in [6, 6.07) is 5.28. The van der Waals surface area contributed by atoms with Gasteiger partial charge in [0.2, 0.25) is 10.0 Å². The molecule has 1 aromatic carbocycles. The first-order chi connectivity index (χ1) is 9.68. The van der Waals surface area contributed by atoms with E-state index in [1.165, 1.54) is 24.3 Å². The highest BCUT2D eigenvalue weighted by molar-refractivity contribution is 7.89. The molecule has 0 spiro atoms. The van der Waals surface area contributed by atoms with E-state index >= 15 is 0 Å². The van der Waals surface area contributed by atoms with Crippen LogP contribution in [-0.4, -0.2) is 38.4 Å². The second-order valence-electron chi connectivity index (χ2n) is 4.86. The van der Waals surface area contributed by atoms with Gasteiger partial charge in [-0.05, 0) is 37.1 Å². The maximum Gasteiger partial charge on any atom is 0.416 e. The van der Waals surface area contributed by atoms with Gasteiger partial charge in [-0.15, -0.1) is 0 Å². The van der Waals surface area contributed by atoms with Crippen molar-refractivity contribution < 1.29 is 26.7 Å². The smallest absolute Gasteiger partial charge is 0.382 e. The monoisotopic (exact) mass is 324 g/mol. The first-order valence-corrected chi connectivity index (χ1v) is 7.78. The summed E-state index contributed by atoms with van der Waals surface area (Å²) in [4.78, 5) is 0.0521. The molecule has 3 N–H and O–H groups in total. The molecule has 0 amide bonds. The Kier molecular flexibility index (Phi) is 4.45. The minimum atomic E-state index is -4.69. The molecule has 5 nitrogen and oxygen atoms in total. The number of rotatable bonds is 6. The summed E-state index contributed by atoms with van der Waals surface area (Å²) in [6.45, 7) is -0.698. The molecule has 0 bridgehead atoms. The van der Waals surface area contributed by atoms with Crippen LogP contribution in [0.25, 0.3) is 0 Å². The molecule has 1 aromatic rings. The van der Waals surface area contributed by atoms with Crippen molar-refractivity contribution in [1.82, 2.24) is 4.72 Å². The van der Waals surface area contributed by atoms with Crippen molar-refractivity contribution in [2.24, 2.45) is 0 Å². The van der Waals surface area contributed by atoms with E-state index in [1.54, 1.807) is 0 Å². The molecule has 118 valence electrons. The van der Waals surface area contributed by atoms with Crippen LogP contribution in [-0.2, 0) is 10.0 Å². The van der Waals surface area contributed by atoms with Gasteiger partial charge in [0.15, 0.2) is 6.10 Å². The van der Waals surface area contributed by atoms with Crippen molar-refractivity contribution in [2.45, 2.75) is 36.1 Å². The Bertz CT molecular complexity index is 583. The van der Waals surface area contributed by atoms with Crippen LogP contribution in [0.1, 0.15) is 12.8 Å². The fourth-order valence-electron chi connectivity index (χ4n) is 1.57. The van der Waals surface area contributed by atoms with Crippen molar-refractivity contribution in [2.75, 3.05) is 11.9 Å². The molecule has 1 saturated carbocycles. The van der Waals surface area contributed by atoms with E-state index in [1.807, 2.05) is 0 Å². The first-order valence-electron chi connectivity index (χ1n) is 6.29. The lowest BCUT2D eigenvalue weighted by Crippen LogP contribution is -2.35. The molecule has 1 fully saturated rings. The Labute approximate surface area is 120 Å². The summed E-state index contributed by atoms with van der Waals surface area (Å²) in [7, 11) is -3.58. The van der Waals surface area contributed by atoms with Gasteiger partial charge in [0, 0.05) is 18.3 Å². The van der Waals surface area contributed by atoms with Crippen molar-refractivity contribution in [3.05, 3.63) is 24.3 Å². The molecular formula is C12H15F3N2O3S. The van der Waals surface area contributed by atoms with Crippen LogP contribution >= 0.6 is 0 Å². The van der Waals surface area contributed by atoms with Gasteiger partial charge in [-0.3, -0.25) is 0 Å². The van der Waals surface area contributed by atoms with Gasteiger partial charge in [-0.25, -0.2) is 13.1 Å². The molecule has 0 radical (unpaired) electrons. The summed E-state index contributed by atoms with van der Waals surface area (Å²) in [6.07, 6.45) is -5.54. The topological polar surface area (TPSA) is 78.4 Å². The summed E-state index contributed by atoms with van der Waals surface area (Å²) < 4.78 is 62.6. The summed E-state index contributed by atoms with van der Waals surface area (Å²) >= 11 is 0. The third kappa shape index (κ3) is 4.58. The Balaban J connectivity index is 1.95. The van der Waals surface area contributed by atoms with E-state index in [2.05, 4.69) is 10.0 Å². The van der Waals surface area contributed by atoms with Crippen LogP contribution in [0.3, 0.4) is 0 Å². The maximum atomic E-state index is 12.1. The zero-order chi connectivity index (χ0) is 15.7. The van der Waals surface area contributed by atoms with Crippen LogP contribution < -0.4 is 10.0 Å². The molecule has 1 atom stereocenters. The van der Waals surface area contributed by atoms with Crippen molar-refractivity contribution >= 4 is 15.7 Å². The minimum absolute atomic E-state index is 0.0188. The maximum absolute atomic E-state index is 12.1. The number of benzene rings is 1. The normalized spacial score (nSPS) is 17.5. The Hall–Kier alpha value is -1.32. The number of nitrogens with one attached hydrogen (secondary N) is 2. The van der Waals surface area contributed by atoms with E-state index in [4.69, 9.17) is 5.11 Å². The molecule has 2 rings (SSSR count). The standard InChI is InChI=1S/C12H15F3N2O3S/c13-12(14,15)11(18)7-16-8-3-5-10(6-4-8)21(19,20)17-9-1-2-9/h3-6,9,11,16-18H,1-2,7H2. The van der Waals surface area contributed by atoms with Crippen LogP contribution in [0.4, 0.5) is 18.9 Å². The van der Waals surface area contributed by atoms with E-state index in [-0.39, 0.29) is 10.9 Å². The number of halogens is 3. The predicted octanol–water partition coefficient (Wildman–Crippen LogP) is 1.46. The SMILES string of the molecule is O=S(=O)(NC1CC1)c1ccc(NCC(O)C(F)(F)F)cc1. The molecule has 0 heterocycles. The lowest BCUT2D eigenvalue weighted by atomic mass is 10.3. The minimum Gasteiger partial charge on any atom is -0.382 e. The van der Waals surface area contributed by atoms with Gasteiger partial charge in [0.1, 0.15) is 0 Å². The summed E-state index contributed by atoms with van der Waals surface area (Å²) in [5.74, 6) is 0. The van der Waals surface area contributed by atoms with Gasteiger partial charge < -0.3 is 10.4 Å².